The maximum absolute atomic E-state index is 10.8. The number of hydrogen-bond acceptors (Lipinski definition) is 3. The van der Waals surface area contributed by atoms with Gasteiger partial charge in [-0.15, -0.1) is 11.3 Å². The highest BCUT2D eigenvalue weighted by Gasteiger charge is 2.29. The molecule has 0 saturated carbocycles. The van der Waals surface area contributed by atoms with Crippen LogP contribution >= 0.6 is 11.3 Å². The van der Waals surface area contributed by atoms with Crippen LogP contribution in [0, 0.1) is 0 Å². The highest BCUT2D eigenvalue weighted by atomic mass is 32.1. The summed E-state index contributed by atoms with van der Waals surface area (Å²) in [6.07, 6.45) is 4.01. The van der Waals surface area contributed by atoms with Crippen LogP contribution in [0.3, 0.4) is 0 Å². The molecule has 20 heavy (non-hydrogen) atoms. The summed E-state index contributed by atoms with van der Waals surface area (Å²) in [6.45, 7) is 0.771. The Morgan fingerprint density at radius 2 is 2.20 bits per heavy atom. The molecule has 2 aliphatic rings. The quantitative estimate of drug-likeness (QED) is 0.909. The normalized spacial score (nSPS) is 21.9. The smallest absolute Gasteiger partial charge is 0.122 e. The summed E-state index contributed by atoms with van der Waals surface area (Å²) in [7, 11) is 0. The summed E-state index contributed by atoms with van der Waals surface area (Å²) in [5.74, 6) is 1.24. The number of fused-ring (bicyclic) bond motifs is 2. The van der Waals surface area contributed by atoms with Crippen molar-refractivity contribution in [1.29, 1.82) is 0 Å². The van der Waals surface area contributed by atoms with Gasteiger partial charge in [0.25, 0.3) is 0 Å². The number of aliphatic hydroxyl groups excluding tert-OH is 1. The zero-order valence-corrected chi connectivity index (χ0v) is 12.2. The van der Waals surface area contributed by atoms with Crippen LogP contribution in [-0.4, -0.2) is 11.7 Å². The van der Waals surface area contributed by atoms with E-state index in [1.165, 1.54) is 28.8 Å². The minimum atomic E-state index is -0.394. The second-order valence-electron chi connectivity index (χ2n) is 5.71. The van der Waals surface area contributed by atoms with Gasteiger partial charge in [0.1, 0.15) is 5.75 Å². The van der Waals surface area contributed by atoms with Crippen LogP contribution in [0.15, 0.2) is 29.6 Å². The molecule has 0 fully saturated rings. The lowest BCUT2D eigenvalue weighted by Gasteiger charge is -2.27. The van der Waals surface area contributed by atoms with E-state index in [4.69, 9.17) is 4.74 Å². The van der Waals surface area contributed by atoms with Crippen molar-refractivity contribution in [3.05, 3.63) is 51.2 Å². The molecule has 0 amide bonds. The molecular weight excluding hydrogens is 268 g/mol. The molecule has 2 unspecified atom stereocenters. The average molecular weight is 286 g/mol. The van der Waals surface area contributed by atoms with E-state index in [-0.39, 0.29) is 5.92 Å². The van der Waals surface area contributed by atoms with Gasteiger partial charge in [0.05, 0.1) is 12.7 Å². The van der Waals surface area contributed by atoms with Crippen LogP contribution in [0.25, 0.3) is 0 Å². The summed E-state index contributed by atoms with van der Waals surface area (Å²) in [5, 5.41) is 13.0. The third-order valence-corrected chi connectivity index (χ3v) is 5.53. The van der Waals surface area contributed by atoms with E-state index in [1.807, 2.05) is 23.5 Å². The first-order valence-corrected chi connectivity index (χ1v) is 8.21. The second-order valence-corrected chi connectivity index (χ2v) is 6.71. The van der Waals surface area contributed by atoms with Gasteiger partial charge in [-0.25, -0.2) is 0 Å². The van der Waals surface area contributed by atoms with Crippen molar-refractivity contribution in [2.24, 2.45) is 0 Å². The molecule has 4 rings (SSSR count). The van der Waals surface area contributed by atoms with Crippen molar-refractivity contribution in [3.63, 3.8) is 0 Å². The summed E-state index contributed by atoms with van der Waals surface area (Å²) >= 11 is 1.83. The van der Waals surface area contributed by atoms with Crippen molar-refractivity contribution < 1.29 is 9.84 Å². The van der Waals surface area contributed by atoms with E-state index in [0.29, 0.717) is 0 Å². The molecule has 2 atom stereocenters. The molecule has 1 aliphatic heterocycles. The van der Waals surface area contributed by atoms with Gasteiger partial charge in [-0.1, -0.05) is 6.07 Å². The molecule has 3 heteroatoms. The third-order valence-electron chi connectivity index (χ3n) is 4.53. The maximum atomic E-state index is 10.8. The Morgan fingerprint density at radius 1 is 1.25 bits per heavy atom. The molecule has 0 spiro atoms. The molecule has 1 aromatic heterocycles. The Labute approximate surface area is 123 Å². The predicted octanol–water partition coefficient (Wildman–Crippen LogP) is 3.84. The van der Waals surface area contributed by atoms with Crippen molar-refractivity contribution in [2.45, 2.75) is 37.7 Å². The number of aryl methyl sites for hydroxylation is 1. The fourth-order valence-corrected chi connectivity index (χ4v) is 4.47. The van der Waals surface area contributed by atoms with Crippen molar-refractivity contribution >= 4 is 11.3 Å². The van der Waals surface area contributed by atoms with Gasteiger partial charge in [-0.3, -0.25) is 0 Å². The van der Waals surface area contributed by atoms with Crippen LogP contribution in [-0.2, 0) is 12.8 Å². The van der Waals surface area contributed by atoms with Gasteiger partial charge in [-0.2, -0.15) is 0 Å². The molecule has 1 aromatic carbocycles. The Hall–Kier alpha value is -1.32. The predicted molar refractivity (Wildman–Crippen MR) is 80.6 cm³/mol. The summed E-state index contributed by atoms with van der Waals surface area (Å²) in [5.41, 5.74) is 3.65. The lowest BCUT2D eigenvalue weighted by molar-refractivity contribution is 0.136. The van der Waals surface area contributed by atoms with E-state index in [0.717, 1.165) is 30.8 Å². The first-order chi connectivity index (χ1) is 9.83. The minimum absolute atomic E-state index is 0.255. The Kier molecular flexibility index (Phi) is 3.04. The Morgan fingerprint density at radius 3 is 3.15 bits per heavy atom. The molecule has 2 heterocycles. The van der Waals surface area contributed by atoms with E-state index in [1.54, 1.807) is 0 Å². The number of hydrogen-bond donors (Lipinski definition) is 1. The van der Waals surface area contributed by atoms with Gasteiger partial charge in [-0.05, 0) is 59.5 Å². The van der Waals surface area contributed by atoms with E-state index in [2.05, 4.69) is 17.5 Å². The molecule has 1 aliphatic carbocycles. The standard InChI is InChI=1S/C17H18O2S/c18-17(12-4-5-15-11(10-12)6-8-19-15)14-2-1-3-16-13(14)7-9-20-16/h4-5,7,9-10,14,17-18H,1-3,6,8H2. The van der Waals surface area contributed by atoms with Crippen LogP contribution in [0.4, 0.5) is 0 Å². The lowest BCUT2D eigenvalue weighted by Crippen LogP contribution is -2.15. The fraction of sp³-hybridized carbons (Fsp3) is 0.412. The molecule has 0 saturated heterocycles. The SMILES string of the molecule is OC(c1ccc2c(c1)CCO2)C1CCCc2sccc21. The molecule has 0 bridgehead atoms. The largest absolute Gasteiger partial charge is 0.493 e. The van der Waals surface area contributed by atoms with Gasteiger partial charge in [0.15, 0.2) is 0 Å². The number of thiophene rings is 1. The maximum Gasteiger partial charge on any atom is 0.122 e. The first kappa shape index (κ1) is 12.4. The molecule has 104 valence electrons. The number of ether oxygens (including phenoxy) is 1. The summed E-state index contributed by atoms with van der Waals surface area (Å²) in [6, 6.07) is 8.37. The fourth-order valence-electron chi connectivity index (χ4n) is 3.47. The van der Waals surface area contributed by atoms with Crippen LogP contribution in [0.1, 0.15) is 46.4 Å². The topological polar surface area (TPSA) is 29.5 Å². The van der Waals surface area contributed by atoms with E-state index in [9.17, 15) is 5.11 Å². The van der Waals surface area contributed by atoms with Crippen molar-refractivity contribution in [1.82, 2.24) is 0 Å². The zero-order valence-electron chi connectivity index (χ0n) is 11.3. The van der Waals surface area contributed by atoms with Crippen LogP contribution in [0.5, 0.6) is 5.75 Å². The summed E-state index contributed by atoms with van der Waals surface area (Å²) < 4.78 is 5.54. The van der Waals surface area contributed by atoms with Crippen LogP contribution < -0.4 is 4.74 Å². The third kappa shape index (κ3) is 1.97. The molecule has 1 N–H and O–H groups in total. The minimum Gasteiger partial charge on any atom is -0.493 e. The molecule has 0 radical (unpaired) electrons. The highest BCUT2D eigenvalue weighted by Crippen LogP contribution is 2.43. The van der Waals surface area contributed by atoms with Gasteiger partial charge < -0.3 is 9.84 Å². The Bertz CT molecular complexity index is 632. The van der Waals surface area contributed by atoms with Gasteiger partial charge in [0.2, 0.25) is 0 Å². The van der Waals surface area contributed by atoms with Crippen molar-refractivity contribution in [2.75, 3.05) is 6.61 Å². The van der Waals surface area contributed by atoms with Gasteiger partial charge >= 0.3 is 0 Å². The lowest BCUT2D eigenvalue weighted by atomic mass is 9.81. The molecule has 2 nitrogen and oxygen atoms in total. The monoisotopic (exact) mass is 286 g/mol. The number of rotatable bonds is 2. The van der Waals surface area contributed by atoms with E-state index >= 15 is 0 Å². The molecular formula is C17H18O2S. The number of benzene rings is 1. The first-order valence-electron chi connectivity index (χ1n) is 7.33. The van der Waals surface area contributed by atoms with Gasteiger partial charge in [0, 0.05) is 17.2 Å². The highest BCUT2D eigenvalue weighted by molar-refractivity contribution is 7.10. The van der Waals surface area contributed by atoms with E-state index < -0.39 is 6.10 Å². The van der Waals surface area contributed by atoms with Crippen LogP contribution in [0.2, 0.25) is 0 Å². The zero-order chi connectivity index (χ0) is 13.5. The number of aliphatic hydroxyl groups is 1. The second kappa shape index (κ2) is 4.90. The summed E-state index contributed by atoms with van der Waals surface area (Å²) in [4.78, 5) is 1.46. The Balaban J connectivity index is 1.67. The molecule has 2 aromatic rings. The average Bonchev–Trinajstić information content (AvgIpc) is 3.13. The van der Waals surface area contributed by atoms with Crippen molar-refractivity contribution in [3.8, 4) is 5.75 Å².